The lowest BCUT2D eigenvalue weighted by Crippen LogP contribution is -1.94. The Morgan fingerprint density at radius 3 is 2.55 bits per heavy atom. The SMILES string of the molecule is FC(F)c1ccccc1C=NOCc1ccccc1Cl. The number of halogens is 3. The molecule has 0 saturated carbocycles. The van der Waals surface area contributed by atoms with Gasteiger partial charge in [-0.05, 0) is 6.07 Å². The van der Waals surface area contributed by atoms with Crippen LogP contribution in [0.1, 0.15) is 23.1 Å². The molecule has 0 fully saturated rings. The number of alkyl halides is 2. The van der Waals surface area contributed by atoms with Crippen molar-refractivity contribution in [1.29, 1.82) is 0 Å². The highest BCUT2D eigenvalue weighted by Gasteiger charge is 2.10. The van der Waals surface area contributed by atoms with E-state index in [0.717, 1.165) is 5.56 Å². The second kappa shape index (κ2) is 7.01. The van der Waals surface area contributed by atoms with Crippen LogP contribution in [-0.4, -0.2) is 6.21 Å². The molecule has 0 atom stereocenters. The molecule has 2 nitrogen and oxygen atoms in total. The van der Waals surface area contributed by atoms with Gasteiger partial charge in [0.1, 0.15) is 6.61 Å². The van der Waals surface area contributed by atoms with Gasteiger partial charge in [0.25, 0.3) is 6.43 Å². The Hall–Kier alpha value is -1.94. The molecule has 0 spiro atoms. The lowest BCUT2D eigenvalue weighted by molar-refractivity contribution is 0.132. The summed E-state index contributed by atoms with van der Waals surface area (Å²) in [5.41, 5.74) is 1.05. The fourth-order valence-corrected chi connectivity index (χ4v) is 1.83. The minimum absolute atomic E-state index is 0.0717. The van der Waals surface area contributed by atoms with Gasteiger partial charge in [-0.15, -0.1) is 0 Å². The molecule has 0 radical (unpaired) electrons. The van der Waals surface area contributed by atoms with Crippen molar-refractivity contribution in [2.75, 3.05) is 0 Å². The van der Waals surface area contributed by atoms with Gasteiger partial charge in [-0.25, -0.2) is 8.78 Å². The molecule has 0 heterocycles. The van der Waals surface area contributed by atoms with Crippen molar-refractivity contribution in [3.05, 3.63) is 70.2 Å². The van der Waals surface area contributed by atoms with Crippen LogP contribution >= 0.6 is 11.6 Å². The van der Waals surface area contributed by atoms with Crippen molar-refractivity contribution < 1.29 is 13.6 Å². The summed E-state index contributed by atoms with van der Waals surface area (Å²) in [5, 5.41) is 4.28. The molecular formula is C15H12ClF2NO. The fourth-order valence-electron chi connectivity index (χ4n) is 1.64. The number of nitrogens with zero attached hydrogens (tertiary/aromatic N) is 1. The lowest BCUT2D eigenvalue weighted by Gasteiger charge is -2.04. The van der Waals surface area contributed by atoms with Crippen LogP contribution < -0.4 is 0 Å². The van der Waals surface area contributed by atoms with E-state index in [0.29, 0.717) is 10.6 Å². The van der Waals surface area contributed by atoms with Gasteiger partial charge in [0.2, 0.25) is 0 Å². The normalized spacial score (nSPS) is 11.2. The van der Waals surface area contributed by atoms with Gasteiger partial charge in [0, 0.05) is 21.7 Å². The van der Waals surface area contributed by atoms with Crippen molar-refractivity contribution in [2.45, 2.75) is 13.0 Å². The first-order valence-corrected chi connectivity index (χ1v) is 6.32. The summed E-state index contributed by atoms with van der Waals surface area (Å²) in [7, 11) is 0. The Morgan fingerprint density at radius 1 is 1.10 bits per heavy atom. The Balaban J connectivity index is 1.99. The molecule has 104 valence electrons. The number of oxime groups is 1. The molecule has 0 amide bonds. The number of hydrogen-bond acceptors (Lipinski definition) is 2. The third-order valence-corrected chi connectivity index (χ3v) is 3.04. The molecule has 0 aliphatic carbocycles. The monoisotopic (exact) mass is 295 g/mol. The van der Waals surface area contributed by atoms with E-state index < -0.39 is 6.43 Å². The molecule has 0 unspecified atom stereocenters. The van der Waals surface area contributed by atoms with Crippen molar-refractivity contribution in [2.24, 2.45) is 5.16 Å². The predicted molar refractivity (Wildman–Crippen MR) is 75.2 cm³/mol. The van der Waals surface area contributed by atoms with Crippen LogP contribution in [0, 0.1) is 0 Å². The fraction of sp³-hybridized carbons (Fsp3) is 0.133. The van der Waals surface area contributed by atoms with Crippen LogP contribution in [0.15, 0.2) is 53.7 Å². The van der Waals surface area contributed by atoms with E-state index >= 15 is 0 Å². The molecule has 2 aromatic rings. The van der Waals surface area contributed by atoms with Gasteiger partial charge in [0.15, 0.2) is 0 Å². The summed E-state index contributed by atoms with van der Waals surface area (Å²) in [6, 6.07) is 13.4. The van der Waals surface area contributed by atoms with E-state index in [1.165, 1.54) is 12.3 Å². The topological polar surface area (TPSA) is 21.6 Å². The van der Waals surface area contributed by atoms with Gasteiger partial charge in [-0.1, -0.05) is 59.2 Å². The van der Waals surface area contributed by atoms with Gasteiger partial charge in [-0.2, -0.15) is 0 Å². The van der Waals surface area contributed by atoms with Crippen molar-refractivity contribution in [1.82, 2.24) is 0 Å². The Kier molecular flexibility index (Phi) is 5.07. The molecule has 2 aromatic carbocycles. The molecule has 0 saturated heterocycles. The average Bonchev–Trinajstić information content (AvgIpc) is 2.45. The standard InChI is InChI=1S/C15H12ClF2NO/c16-14-8-4-2-6-12(14)10-20-19-9-11-5-1-3-7-13(11)15(17)18/h1-9,15H,10H2. The third kappa shape index (κ3) is 3.78. The van der Waals surface area contributed by atoms with E-state index in [2.05, 4.69) is 5.16 Å². The second-order valence-electron chi connectivity index (χ2n) is 4.03. The van der Waals surface area contributed by atoms with Crippen LogP contribution in [-0.2, 0) is 11.4 Å². The maximum Gasteiger partial charge on any atom is 0.264 e. The molecule has 0 aromatic heterocycles. The largest absolute Gasteiger partial charge is 0.391 e. The smallest absolute Gasteiger partial charge is 0.264 e. The van der Waals surface area contributed by atoms with Gasteiger partial charge >= 0.3 is 0 Å². The summed E-state index contributed by atoms with van der Waals surface area (Å²) in [4.78, 5) is 5.08. The van der Waals surface area contributed by atoms with E-state index in [-0.39, 0.29) is 12.2 Å². The zero-order valence-electron chi connectivity index (χ0n) is 10.5. The van der Waals surface area contributed by atoms with E-state index in [9.17, 15) is 8.78 Å². The Morgan fingerprint density at radius 2 is 1.80 bits per heavy atom. The zero-order chi connectivity index (χ0) is 14.4. The number of benzene rings is 2. The first-order chi connectivity index (χ1) is 9.68. The minimum Gasteiger partial charge on any atom is -0.391 e. The van der Waals surface area contributed by atoms with E-state index in [1.807, 2.05) is 18.2 Å². The summed E-state index contributed by atoms with van der Waals surface area (Å²) >= 11 is 5.96. The molecule has 0 aliphatic heterocycles. The maximum atomic E-state index is 12.7. The summed E-state index contributed by atoms with van der Waals surface area (Å²) in [6.45, 7) is 0.188. The van der Waals surface area contributed by atoms with Crippen molar-refractivity contribution >= 4 is 17.8 Å². The highest BCUT2D eigenvalue weighted by atomic mass is 35.5. The minimum atomic E-state index is -2.54. The van der Waals surface area contributed by atoms with Crippen LogP contribution in [0.4, 0.5) is 8.78 Å². The summed E-state index contributed by atoms with van der Waals surface area (Å²) in [5.74, 6) is 0. The maximum absolute atomic E-state index is 12.7. The highest BCUT2D eigenvalue weighted by Crippen LogP contribution is 2.21. The average molecular weight is 296 g/mol. The van der Waals surface area contributed by atoms with Gasteiger partial charge < -0.3 is 4.84 Å². The number of rotatable bonds is 5. The van der Waals surface area contributed by atoms with E-state index in [4.69, 9.17) is 16.4 Å². The Bertz CT molecular complexity index is 602. The first kappa shape index (κ1) is 14.5. The van der Waals surface area contributed by atoms with Crippen molar-refractivity contribution in [3.63, 3.8) is 0 Å². The molecule has 0 aliphatic rings. The van der Waals surface area contributed by atoms with Gasteiger partial charge in [-0.3, -0.25) is 0 Å². The number of hydrogen-bond donors (Lipinski definition) is 0. The highest BCUT2D eigenvalue weighted by molar-refractivity contribution is 6.31. The summed E-state index contributed by atoms with van der Waals surface area (Å²) < 4.78 is 25.5. The van der Waals surface area contributed by atoms with E-state index in [1.54, 1.807) is 24.3 Å². The third-order valence-electron chi connectivity index (χ3n) is 2.68. The van der Waals surface area contributed by atoms with Crippen LogP contribution in [0.2, 0.25) is 5.02 Å². The lowest BCUT2D eigenvalue weighted by atomic mass is 10.1. The Labute approximate surface area is 120 Å². The predicted octanol–water partition coefficient (Wildman–Crippen LogP) is 4.83. The first-order valence-electron chi connectivity index (χ1n) is 5.94. The molecule has 0 bridgehead atoms. The second-order valence-corrected chi connectivity index (χ2v) is 4.44. The quantitative estimate of drug-likeness (QED) is 0.572. The molecule has 20 heavy (non-hydrogen) atoms. The molecule has 5 heteroatoms. The van der Waals surface area contributed by atoms with Crippen LogP contribution in [0.3, 0.4) is 0 Å². The molecular weight excluding hydrogens is 284 g/mol. The summed E-state index contributed by atoms with van der Waals surface area (Å²) in [6.07, 6.45) is -1.26. The van der Waals surface area contributed by atoms with Crippen molar-refractivity contribution in [3.8, 4) is 0 Å². The van der Waals surface area contributed by atoms with Crippen LogP contribution in [0.5, 0.6) is 0 Å². The van der Waals surface area contributed by atoms with Gasteiger partial charge in [0.05, 0.1) is 6.21 Å². The molecule has 0 N–H and O–H groups in total. The zero-order valence-corrected chi connectivity index (χ0v) is 11.2. The van der Waals surface area contributed by atoms with Crippen LogP contribution in [0.25, 0.3) is 0 Å². The molecule has 2 rings (SSSR count).